The number of ether oxygens (including phenoxy) is 1. The lowest BCUT2D eigenvalue weighted by Crippen LogP contribution is -2.41. The van der Waals surface area contributed by atoms with Crippen LogP contribution in [0.3, 0.4) is 0 Å². The maximum absolute atomic E-state index is 12.1. The molecule has 2 saturated carbocycles. The first kappa shape index (κ1) is 23.1. The fourth-order valence-corrected chi connectivity index (χ4v) is 6.08. The molecule has 5 unspecified atom stereocenters. The van der Waals surface area contributed by atoms with Crippen LogP contribution in [0.15, 0.2) is 35.1 Å². The van der Waals surface area contributed by atoms with Crippen LogP contribution < -0.4 is 0 Å². The Balaban J connectivity index is 0.00000256. The van der Waals surface area contributed by atoms with Crippen molar-refractivity contribution >= 4 is 24.1 Å². The molecule has 1 aliphatic heterocycles. The fourth-order valence-electron chi connectivity index (χ4n) is 6.08. The second-order valence-corrected chi connectivity index (χ2v) is 9.32. The van der Waals surface area contributed by atoms with Crippen molar-refractivity contribution in [3.05, 3.63) is 35.1 Å². The molecule has 0 amide bonds. The van der Waals surface area contributed by atoms with Gasteiger partial charge in [0.15, 0.2) is 0 Å². The highest BCUT2D eigenvalue weighted by Gasteiger charge is 2.45. The first-order valence-electron chi connectivity index (χ1n) is 11.7. The SMILES string of the molecule is CC[N+](CC)=C1C=CC2=C(C3CCCCC3C(=O)O)C3CCC(C)CC3OC2=C1.Cl. The van der Waals surface area contributed by atoms with E-state index in [-0.39, 0.29) is 30.3 Å². The highest BCUT2D eigenvalue weighted by molar-refractivity contribution is 6.03. The molecule has 3 aliphatic carbocycles. The molecule has 0 bridgehead atoms. The summed E-state index contributed by atoms with van der Waals surface area (Å²) in [6.07, 6.45) is 14.2. The van der Waals surface area contributed by atoms with Gasteiger partial charge in [0.05, 0.1) is 12.0 Å². The third-order valence-corrected chi connectivity index (χ3v) is 7.62. The number of carboxylic acid groups (broad SMARTS) is 1. The number of halogens is 1. The van der Waals surface area contributed by atoms with Crippen LogP contribution in [0.2, 0.25) is 0 Å². The number of rotatable bonds is 4. The van der Waals surface area contributed by atoms with E-state index in [4.69, 9.17) is 4.74 Å². The molecule has 0 aromatic carbocycles. The van der Waals surface area contributed by atoms with Gasteiger partial charge in [0.2, 0.25) is 5.71 Å². The molecule has 0 spiro atoms. The number of hydrogen-bond donors (Lipinski definition) is 1. The minimum atomic E-state index is -0.615. The summed E-state index contributed by atoms with van der Waals surface area (Å²) in [5, 5.41) is 9.95. The molecule has 1 N–H and O–H groups in total. The molecule has 1 heterocycles. The van der Waals surface area contributed by atoms with Gasteiger partial charge in [-0.3, -0.25) is 4.79 Å². The van der Waals surface area contributed by atoms with Crippen molar-refractivity contribution < 1.29 is 19.2 Å². The number of carbonyl (C=O) groups is 1. The van der Waals surface area contributed by atoms with Gasteiger partial charge in [0, 0.05) is 17.6 Å². The highest BCUT2D eigenvalue weighted by Crippen LogP contribution is 2.50. The minimum absolute atomic E-state index is 0. The van der Waals surface area contributed by atoms with Crippen LogP contribution in [0.25, 0.3) is 0 Å². The number of hydrogen-bond acceptors (Lipinski definition) is 2. The van der Waals surface area contributed by atoms with Crippen molar-refractivity contribution in [2.24, 2.45) is 23.7 Å². The molecule has 4 nitrogen and oxygen atoms in total. The molecule has 0 aromatic heterocycles. The first-order valence-corrected chi connectivity index (χ1v) is 11.7. The van der Waals surface area contributed by atoms with Crippen molar-refractivity contribution in [1.82, 2.24) is 0 Å². The van der Waals surface area contributed by atoms with Gasteiger partial charge >= 0.3 is 5.97 Å². The lowest BCUT2D eigenvalue weighted by Gasteiger charge is -2.46. The van der Waals surface area contributed by atoms with Gasteiger partial charge in [-0.15, -0.1) is 12.4 Å². The summed E-state index contributed by atoms with van der Waals surface area (Å²) < 4.78 is 8.95. The number of fused-ring (bicyclic) bond motifs is 2. The van der Waals surface area contributed by atoms with Gasteiger partial charge in [0.1, 0.15) is 25.0 Å². The van der Waals surface area contributed by atoms with Crippen LogP contribution >= 0.6 is 12.4 Å². The minimum Gasteiger partial charge on any atom is -0.489 e. The quantitative estimate of drug-likeness (QED) is 0.604. The Morgan fingerprint density at radius 2 is 1.83 bits per heavy atom. The van der Waals surface area contributed by atoms with E-state index >= 15 is 0 Å². The third kappa shape index (κ3) is 4.26. The van der Waals surface area contributed by atoms with Crippen molar-refractivity contribution in [3.63, 3.8) is 0 Å². The van der Waals surface area contributed by atoms with E-state index < -0.39 is 5.97 Å². The van der Waals surface area contributed by atoms with E-state index in [1.807, 2.05) is 0 Å². The molecule has 5 heteroatoms. The van der Waals surface area contributed by atoms with Gasteiger partial charge < -0.3 is 9.84 Å². The van der Waals surface area contributed by atoms with Crippen molar-refractivity contribution in [2.75, 3.05) is 13.1 Å². The zero-order valence-electron chi connectivity index (χ0n) is 18.6. The number of allylic oxidation sites excluding steroid dienone is 3. The van der Waals surface area contributed by atoms with Crippen molar-refractivity contribution in [2.45, 2.75) is 71.8 Å². The highest BCUT2D eigenvalue weighted by atomic mass is 35.5. The predicted octanol–water partition coefficient (Wildman–Crippen LogP) is 5.38. The summed E-state index contributed by atoms with van der Waals surface area (Å²) in [6, 6.07) is 0. The Hall–Kier alpha value is -1.55. The van der Waals surface area contributed by atoms with Crippen LogP contribution in [0.1, 0.15) is 65.7 Å². The van der Waals surface area contributed by atoms with Crippen molar-refractivity contribution in [1.29, 1.82) is 0 Å². The summed E-state index contributed by atoms with van der Waals surface area (Å²) in [4.78, 5) is 12.1. The maximum Gasteiger partial charge on any atom is 0.307 e. The first-order chi connectivity index (χ1) is 14.0. The Morgan fingerprint density at radius 3 is 2.53 bits per heavy atom. The molecule has 4 rings (SSSR count). The Morgan fingerprint density at radius 1 is 1.10 bits per heavy atom. The Labute approximate surface area is 187 Å². The normalized spacial score (nSPS) is 33.0. The predicted molar refractivity (Wildman–Crippen MR) is 122 cm³/mol. The van der Waals surface area contributed by atoms with Gasteiger partial charge in [-0.2, -0.15) is 0 Å². The molecule has 4 aliphatic rings. The van der Waals surface area contributed by atoms with Crippen LogP contribution in [-0.4, -0.2) is 40.6 Å². The lowest BCUT2D eigenvalue weighted by atomic mass is 9.64. The summed E-state index contributed by atoms with van der Waals surface area (Å²) in [5.74, 6) is 1.33. The summed E-state index contributed by atoms with van der Waals surface area (Å²) in [7, 11) is 0. The van der Waals surface area contributed by atoms with Crippen LogP contribution in [-0.2, 0) is 9.53 Å². The van der Waals surface area contributed by atoms with Crippen LogP contribution in [0.5, 0.6) is 0 Å². The van der Waals surface area contributed by atoms with Gasteiger partial charge in [-0.1, -0.05) is 19.8 Å². The number of nitrogens with zero attached hydrogens (tertiary/aromatic N) is 1. The standard InChI is InChI=1S/C25H35NO3.ClH/c1-4-26(5-2)17-11-13-21-23(15-17)29-22-14-16(3)10-12-20(22)24(21)18-8-6-7-9-19(18)25(27)28;/h11,13,15-16,18-20,22H,4-10,12,14H2,1-3H3;1H/p+1. The molecular formula is C25H37ClNO3+. The van der Waals surface area contributed by atoms with E-state index in [0.717, 1.165) is 57.4 Å². The molecule has 30 heavy (non-hydrogen) atoms. The van der Waals surface area contributed by atoms with E-state index in [2.05, 4.69) is 43.6 Å². The Bertz CT molecular complexity index is 788. The van der Waals surface area contributed by atoms with Gasteiger partial charge in [-0.25, -0.2) is 4.58 Å². The van der Waals surface area contributed by atoms with Crippen LogP contribution in [0, 0.1) is 23.7 Å². The zero-order valence-corrected chi connectivity index (χ0v) is 19.4. The van der Waals surface area contributed by atoms with E-state index in [1.54, 1.807) is 0 Å². The van der Waals surface area contributed by atoms with Gasteiger partial charge in [0.25, 0.3) is 0 Å². The largest absolute Gasteiger partial charge is 0.489 e. The molecule has 0 saturated heterocycles. The molecule has 5 atom stereocenters. The zero-order chi connectivity index (χ0) is 20.5. The summed E-state index contributed by atoms with van der Waals surface area (Å²) in [6.45, 7) is 8.62. The summed E-state index contributed by atoms with van der Waals surface area (Å²) >= 11 is 0. The van der Waals surface area contributed by atoms with E-state index in [0.29, 0.717) is 11.8 Å². The van der Waals surface area contributed by atoms with E-state index in [9.17, 15) is 9.90 Å². The average Bonchev–Trinajstić information content (AvgIpc) is 2.72. The second-order valence-electron chi connectivity index (χ2n) is 9.32. The second kappa shape index (κ2) is 9.72. The maximum atomic E-state index is 12.1. The van der Waals surface area contributed by atoms with Crippen LogP contribution in [0.4, 0.5) is 0 Å². The van der Waals surface area contributed by atoms with Gasteiger partial charge in [-0.05, 0) is 69.4 Å². The molecule has 0 radical (unpaired) electrons. The smallest absolute Gasteiger partial charge is 0.307 e. The fraction of sp³-hybridized carbons (Fsp3) is 0.680. The Kier molecular flexibility index (Phi) is 7.49. The monoisotopic (exact) mass is 434 g/mol. The molecule has 0 aromatic rings. The lowest BCUT2D eigenvalue weighted by molar-refractivity contribution is -0.519. The molecular weight excluding hydrogens is 398 g/mol. The van der Waals surface area contributed by atoms with E-state index in [1.165, 1.54) is 23.3 Å². The number of carboxylic acids is 1. The number of aliphatic carboxylic acids is 1. The average molecular weight is 435 g/mol. The summed E-state index contributed by atoms with van der Waals surface area (Å²) in [5.41, 5.74) is 3.80. The molecule has 166 valence electrons. The topological polar surface area (TPSA) is 49.5 Å². The van der Waals surface area contributed by atoms with Crippen molar-refractivity contribution in [3.8, 4) is 0 Å². The molecule has 2 fully saturated rings. The third-order valence-electron chi connectivity index (χ3n) is 7.62.